The van der Waals surface area contributed by atoms with E-state index in [1.165, 1.54) is 14.0 Å². The van der Waals surface area contributed by atoms with Crippen molar-refractivity contribution in [2.45, 2.75) is 30.6 Å². The van der Waals surface area contributed by atoms with E-state index in [9.17, 15) is 9.59 Å². The van der Waals surface area contributed by atoms with E-state index in [1.807, 2.05) is 24.4 Å². The van der Waals surface area contributed by atoms with Crippen molar-refractivity contribution in [3.63, 3.8) is 0 Å². The predicted molar refractivity (Wildman–Crippen MR) is 119 cm³/mol. The van der Waals surface area contributed by atoms with Crippen LogP contribution in [0.3, 0.4) is 0 Å². The fourth-order valence-corrected chi connectivity index (χ4v) is 4.09. The van der Waals surface area contributed by atoms with Crippen molar-refractivity contribution < 1.29 is 19.1 Å². The Bertz CT molecular complexity index is 1020. The zero-order chi connectivity index (χ0) is 21.5. The molecule has 3 rings (SSSR count). The van der Waals surface area contributed by atoms with E-state index in [2.05, 4.69) is 10.3 Å². The Hall–Kier alpha value is -2.84. The summed E-state index contributed by atoms with van der Waals surface area (Å²) in [5, 5.41) is 5.81. The smallest absolute Gasteiger partial charge is 0.338 e. The largest absolute Gasteiger partial charge is 0.495 e. The maximum absolute atomic E-state index is 12.4. The molecular formula is C22H22N2O4S2. The van der Waals surface area contributed by atoms with Crippen molar-refractivity contribution in [3.8, 4) is 5.75 Å². The summed E-state index contributed by atoms with van der Waals surface area (Å²) in [6.45, 7) is 3.51. The molecule has 2 aromatic carbocycles. The van der Waals surface area contributed by atoms with Crippen LogP contribution < -0.4 is 10.1 Å². The van der Waals surface area contributed by atoms with Gasteiger partial charge in [0.1, 0.15) is 5.75 Å². The summed E-state index contributed by atoms with van der Waals surface area (Å²) in [4.78, 5) is 30.2. The maximum atomic E-state index is 12.4. The van der Waals surface area contributed by atoms with Gasteiger partial charge in [0, 0.05) is 16.0 Å². The number of aromatic nitrogens is 1. The van der Waals surface area contributed by atoms with Crippen molar-refractivity contribution in [2.24, 2.45) is 0 Å². The molecule has 0 saturated carbocycles. The first kappa shape index (κ1) is 21.9. The van der Waals surface area contributed by atoms with Gasteiger partial charge in [-0.1, -0.05) is 12.1 Å². The van der Waals surface area contributed by atoms with Crippen LogP contribution in [0.5, 0.6) is 5.75 Å². The van der Waals surface area contributed by atoms with Crippen LogP contribution in [0.25, 0.3) is 0 Å². The van der Waals surface area contributed by atoms with Crippen LogP contribution in [0, 0.1) is 6.92 Å². The van der Waals surface area contributed by atoms with Crippen LogP contribution in [0.1, 0.15) is 28.0 Å². The Morgan fingerprint density at radius 1 is 1.17 bits per heavy atom. The number of nitrogens with one attached hydrogen (secondary N) is 1. The van der Waals surface area contributed by atoms with Crippen molar-refractivity contribution in [3.05, 3.63) is 70.2 Å². The van der Waals surface area contributed by atoms with E-state index in [4.69, 9.17) is 9.47 Å². The number of methoxy groups -OCH3 is 1. The molecule has 0 aliphatic rings. The van der Waals surface area contributed by atoms with Gasteiger partial charge in [0.2, 0.25) is 0 Å². The zero-order valence-corrected chi connectivity index (χ0v) is 18.5. The molecule has 8 heteroatoms. The lowest BCUT2D eigenvalue weighted by Crippen LogP contribution is -2.30. The number of thiazole rings is 1. The van der Waals surface area contributed by atoms with Crippen molar-refractivity contribution >= 4 is 40.7 Å². The normalized spacial score (nSPS) is 11.6. The Morgan fingerprint density at radius 2 is 1.90 bits per heavy atom. The number of hydrogen-bond donors (Lipinski definition) is 1. The number of thioether (sulfide) groups is 1. The number of ether oxygens (including phenoxy) is 2. The minimum Gasteiger partial charge on any atom is -0.495 e. The molecule has 0 spiro atoms. The number of rotatable bonds is 8. The molecule has 1 unspecified atom stereocenters. The average molecular weight is 443 g/mol. The number of esters is 1. The SMILES string of the molecule is COc1ccccc1NC(=O)C(C)OC(=O)c1ccc(SCc2csc(C)n2)cc1. The Morgan fingerprint density at radius 3 is 2.57 bits per heavy atom. The third kappa shape index (κ3) is 5.84. The van der Waals surface area contributed by atoms with Gasteiger partial charge in [-0.05, 0) is 50.2 Å². The van der Waals surface area contributed by atoms with Gasteiger partial charge in [0.05, 0.1) is 29.1 Å². The van der Waals surface area contributed by atoms with Crippen molar-refractivity contribution in [1.82, 2.24) is 4.98 Å². The van der Waals surface area contributed by atoms with Gasteiger partial charge in [0.25, 0.3) is 5.91 Å². The molecule has 1 amide bonds. The van der Waals surface area contributed by atoms with Crippen LogP contribution in [-0.4, -0.2) is 30.1 Å². The molecular weight excluding hydrogens is 420 g/mol. The highest BCUT2D eigenvalue weighted by atomic mass is 32.2. The molecule has 30 heavy (non-hydrogen) atoms. The van der Waals surface area contributed by atoms with E-state index in [-0.39, 0.29) is 0 Å². The molecule has 0 bridgehead atoms. The molecule has 1 N–H and O–H groups in total. The summed E-state index contributed by atoms with van der Waals surface area (Å²) >= 11 is 3.28. The zero-order valence-electron chi connectivity index (χ0n) is 16.9. The number of carbonyl (C=O) groups excluding carboxylic acids is 2. The lowest BCUT2D eigenvalue weighted by Gasteiger charge is -2.15. The minimum absolute atomic E-state index is 0.390. The Kier molecular flexibility index (Phi) is 7.48. The maximum Gasteiger partial charge on any atom is 0.338 e. The molecule has 0 aliphatic heterocycles. The van der Waals surface area contributed by atoms with Gasteiger partial charge in [-0.15, -0.1) is 23.1 Å². The molecule has 1 atom stereocenters. The molecule has 0 saturated heterocycles. The summed E-state index contributed by atoms with van der Waals surface area (Å²) in [6, 6.07) is 14.2. The third-order valence-corrected chi connectivity index (χ3v) is 6.03. The summed E-state index contributed by atoms with van der Waals surface area (Å²) in [7, 11) is 1.52. The van der Waals surface area contributed by atoms with Gasteiger partial charge in [-0.3, -0.25) is 4.79 Å². The fourth-order valence-electron chi connectivity index (χ4n) is 2.58. The van der Waals surface area contributed by atoms with E-state index in [0.29, 0.717) is 17.0 Å². The van der Waals surface area contributed by atoms with Crippen molar-refractivity contribution in [1.29, 1.82) is 0 Å². The number of amides is 1. The van der Waals surface area contributed by atoms with E-state index in [1.54, 1.807) is 59.5 Å². The van der Waals surface area contributed by atoms with Crippen LogP contribution in [0.2, 0.25) is 0 Å². The van der Waals surface area contributed by atoms with Gasteiger partial charge in [-0.25, -0.2) is 9.78 Å². The second-order valence-electron chi connectivity index (χ2n) is 6.41. The van der Waals surface area contributed by atoms with Crippen LogP contribution in [0.4, 0.5) is 5.69 Å². The summed E-state index contributed by atoms with van der Waals surface area (Å²) in [5.74, 6) is 0.321. The predicted octanol–water partition coefficient (Wildman–Crippen LogP) is 4.94. The lowest BCUT2D eigenvalue weighted by atomic mass is 10.2. The van der Waals surface area contributed by atoms with Crippen LogP contribution >= 0.6 is 23.1 Å². The molecule has 6 nitrogen and oxygen atoms in total. The van der Waals surface area contributed by atoms with Crippen LogP contribution in [-0.2, 0) is 15.3 Å². The number of para-hydroxylation sites is 2. The van der Waals surface area contributed by atoms with Crippen LogP contribution in [0.15, 0.2) is 58.8 Å². The first-order valence-electron chi connectivity index (χ1n) is 9.25. The number of nitrogens with zero attached hydrogens (tertiary/aromatic N) is 1. The number of carbonyl (C=O) groups is 2. The molecule has 1 aromatic heterocycles. The quantitative estimate of drug-likeness (QED) is 0.393. The van der Waals surface area contributed by atoms with E-state index >= 15 is 0 Å². The Balaban J connectivity index is 1.53. The van der Waals surface area contributed by atoms with Crippen molar-refractivity contribution in [2.75, 3.05) is 12.4 Å². The highest BCUT2D eigenvalue weighted by Crippen LogP contribution is 2.25. The second-order valence-corrected chi connectivity index (χ2v) is 8.52. The first-order valence-corrected chi connectivity index (χ1v) is 11.1. The third-order valence-electron chi connectivity index (χ3n) is 4.16. The molecule has 156 valence electrons. The molecule has 0 fully saturated rings. The van der Waals surface area contributed by atoms with E-state index < -0.39 is 18.0 Å². The summed E-state index contributed by atoms with van der Waals surface area (Å²) in [5.41, 5.74) is 1.95. The second kappa shape index (κ2) is 10.3. The standard InChI is InChI=1S/C22H22N2O4S2/c1-14(21(25)24-19-6-4-5-7-20(19)27-3)28-22(26)16-8-10-18(11-9-16)30-13-17-12-29-15(2)23-17/h4-12,14H,13H2,1-3H3,(H,24,25). The molecule has 0 aliphatic carbocycles. The number of aryl methyl sites for hydroxylation is 1. The Labute approximate surface area is 183 Å². The minimum atomic E-state index is -0.954. The van der Waals surface area contributed by atoms with Gasteiger partial charge in [-0.2, -0.15) is 0 Å². The van der Waals surface area contributed by atoms with Gasteiger partial charge >= 0.3 is 5.97 Å². The molecule has 3 aromatic rings. The summed E-state index contributed by atoms with van der Waals surface area (Å²) in [6.07, 6.45) is -0.954. The summed E-state index contributed by atoms with van der Waals surface area (Å²) < 4.78 is 10.5. The number of hydrogen-bond acceptors (Lipinski definition) is 7. The van der Waals surface area contributed by atoms with Gasteiger partial charge < -0.3 is 14.8 Å². The first-order chi connectivity index (χ1) is 14.5. The topological polar surface area (TPSA) is 77.5 Å². The highest BCUT2D eigenvalue weighted by Gasteiger charge is 2.20. The number of benzene rings is 2. The molecule has 1 heterocycles. The monoisotopic (exact) mass is 442 g/mol. The average Bonchev–Trinajstić information content (AvgIpc) is 3.18. The number of anilines is 1. The lowest BCUT2D eigenvalue weighted by molar-refractivity contribution is -0.123. The molecule has 0 radical (unpaired) electrons. The van der Waals surface area contributed by atoms with E-state index in [0.717, 1.165) is 21.3 Å². The highest BCUT2D eigenvalue weighted by molar-refractivity contribution is 7.98. The fraction of sp³-hybridized carbons (Fsp3) is 0.227. The van der Waals surface area contributed by atoms with Gasteiger partial charge in [0.15, 0.2) is 6.10 Å².